The summed E-state index contributed by atoms with van der Waals surface area (Å²) in [7, 11) is 0. The maximum atomic E-state index is 13.1. The molecule has 0 fully saturated rings. The van der Waals surface area contributed by atoms with Crippen LogP contribution in [-0.2, 0) is 19.1 Å². The Hall–Kier alpha value is -5.57. The van der Waals surface area contributed by atoms with Crippen molar-refractivity contribution in [2.45, 2.75) is 136 Å². The van der Waals surface area contributed by atoms with Crippen LogP contribution >= 0.6 is 0 Å². The van der Waals surface area contributed by atoms with Gasteiger partial charge < -0.3 is 24.6 Å². The molecule has 0 aliphatic carbocycles. The Kier molecular flexibility index (Phi) is 37.7. The summed E-state index contributed by atoms with van der Waals surface area (Å²) in [5.41, 5.74) is 0.169. The number of nitrogens with one attached hydrogen (secondary N) is 1. The van der Waals surface area contributed by atoms with Gasteiger partial charge in [-0.15, -0.1) is 0 Å². The first-order chi connectivity index (χ1) is 31.4. The molecule has 348 valence electrons. The summed E-state index contributed by atoms with van der Waals surface area (Å²) in [4.78, 5) is 37.2. The van der Waals surface area contributed by atoms with Crippen molar-refractivity contribution in [2.75, 3.05) is 13.2 Å². The third-order valence-corrected chi connectivity index (χ3v) is 8.94. The molecular formula is C56H77NO7. The van der Waals surface area contributed by atoms with Crippen LogP contribution in [0.5, 0.6) is 5.75 Å². The second kappa shape index (κ2) is 42.7. The zero-order valence-corrected chi connectivity index (χ0v) is 38.9. The molecule has 0 aliphatic rings. The number of allylic oxidation sites excluding steroid dienone is 24. The fourth-order valence-corrected chi connectivity index (χ4v) is 5.61. The molecule has 0 saturated carbocycles. The van der Waals surface area contributed by atoms with Crippen LogP contribution in [0.25, 0.3) is 0 Å². The van der Waals surface area contributed by atoms with Crippen molar-refractivity contribution in [3.8, 4) is 5.75 Å². The summed E-state index contributed by atoms with van der Waals surface area (Å²) in [5.74, 6) is -1.33. The van der Waals surface area contributed by atoms with Crippen molar-refractivity contribution in [1.29, 1.82) is 0 Å². The van der Waals surface area contributed by atoms with Crippen LogP contribution in [0.2, 0.25) is 0 Å². The number of amides is 1. The molecule has 2 N–H and O–H groups in total. The molecule has 1 aromatic rings. The molecule has 0 aliphatic heterocycles. The van der Waals surface area contributed by atoms with Crippen LogP contribution in [0.1, 0.15) is 134 Å². The van der Waals surface area contributed by atoms with Crippen LogP contribution in [0, 0.1) is 0 Å². The van der Waals surface area contributed by atoms with Crippen molar-refractivity contribution in [3.05, 3.63) is 176 Å². The summed E-state index contributed by atoms with van der Waals surface area (Å²) < 4.78 is 16.5. The van der Waals surface area contributed by atoms with E-state index < -0.39 is 30.2 Å². The molecule has 8 heteroatoms. The highest BCUT2D eigenvalue weighted by molar-refractivity contribution is 5.97. The Morgan fingerprint density at radius 1 is 0.562 bits per heavy atom. The van der Waals surface area contributed by atoms with E-state index in [0.29, 0.717) is 19.3 Å². The highest BCUT2D eigenvalue weighted by Crippen LogP contribution is 2.18. The van der Waals surface area contributed by atoms with Gasteiger partial charge in [0.15, 0.2) is 6.29 Å². The average molecular weight is 876 g/mol. The SMILES string of the molecule is CC/C=C\C/C=C\C/C=C\C/C=C\C/C=C\C/C=C\CCC(=O)OCC(CNC(=O)c1ccccc1OC(C)=O)OC(O)CC/C=C\C/C=C\C/C=C\C/C=C\C/C=C\C/C=C\CC. The lowest BCUT2D eigenvalue weighted by atomic mass is 10.2. The van der Waals surface area contributed by atoms with E-state index in [-0.39, 0.29) is 30.9 Å². The summed E-state index contributed by atoms with van der Waals surface area (Å²) in [6, 6.07) is 6.39. The lowest BCUT2D eigenvalue weighted by molar-refractivity contribution is -0.166. The van der Waals surface area contributed by atoms with Crippen LogP contribution < -0.4 is 10.1 Å². The molecule has 1 rings (SSSR count). The number of ether oxygens (including phenoxy) is 3. The topological polar surface area (TPSA) is 111 Å². The smallest absolute Gasteiger partial charge is 0.308 e. The number of aliphatic hydroxyl groups is 1. The molecule has 0 heterocycles. The first-order valence-corrected chi connectivity index (χ1v) is 23.2. The van der Waals surface area contributed by atoms with E-state index in [4.69, 9.17) is 14.2 Å². The number of hydrogen-bond donors (Lipinski definition) is 2. The summed E-state index contributed by atoms with van der Waals surface area (Å²) in [5, 5.41) is 13.5. The van der Waals surface area contributed by atoms with E-state index in [0.717, 1.165) is 77.0 Å². The molecule has 0 radical (unpaired) electrons. The molecule has 2 atom stereocenters. The number of rotatable bonds is 36. The van der Waals surface area contributed by atoms with E-state index in [1.54, 1.807) is 18.2 Å². The molecule has 0 bridgehead atoms. The molecular weight excluding hydrogens is 799 g/mol. The Morgan fingerprint density at radius 3 is 1.38 bits per heavy atom. The largest absolute Gasteiger partial charge is 0.463 e. The zero-order valence-electron chi connectivity index (χ0n) is 38.9. The third kappa shape index (κ3) is 36.0. The van der Waals surface area contributed by atoms with Gasteiger partial charge in [-0.1, -0.05) is 172 Å². The lowest BCUT2D eigenvalue weighted by Crippen LogP contribution is -2.39. The van der Waals surface area contributed by atoms with Crippen molar-refractivity contribution < 1.29 is 33.7 Å². The molecule has 2 unspecified atom stereocenters. The second-order valence-corrected chi connectivity index (χ2v) is 14.6. The Balaban J connectivity index is 2.49. The number of carbonyl (C=O) groups excluding carboxylic acids is 3. The van der Waals surface area contributed by atoms with E-state index in [1.165, 1.54) is 13.0 Å². The summed E-state index contributed by atoms with van der Waals surface area (Å²) >= 11 is 0. The second-order valence-electron chi connectivity index (χ2n) is 14.6. The number of para-hydroxylation sites is 1. The Bertz CT molecular complexity index is 1750. The fourth-order valence-electron chi connectivity index (χ4n) is 5.61. The monoisotopic (exact) mass is 876 g/mol. The molecule has 0 saturated heterocycles. The predicted molar refractivity (Wildman–Crippen MR) is 267 cm³/mol. The van der Waals surface area contributed by atoms with Crippen LogP contribution in [0.4, 0.5) is 0 Å². The first-order valence-electron chi connectivity index (χ1n) is 23.2. The first kappa shape index (κ1) is 56.4. The lowest BCUT2D eigenvalue weighted by Gasteiger charge is -2.22. The van der Waals surface area contributed by atoms with E-state index in [9.17, 15) is 19.5 Å². The van der Waals surface area contributed by atoms with Gasteiger partial charge in [0.25, 0.3) is 5.91 Å². The molecule has 1 amide bonds. The maximum absolute atomic E-state index is 13.1. The molecule has 0 spiro atoms. The van der Waals surface area contributed by atoms with Crippen LogP contribution in [0.15, 0.2) is 170 Å². The zero-order chi connectivity index (χ0) is 46.4. The predicted octanol–water partition coefficient (Wildman–Crippen LogP) is 13.5. The maximum Gasteiger partial charge on any atom is 0.308 e. The van der Waals surface area contributed by atoms with E-state index in [1.807, 2.05) is 24.3 Å². The fraction of sp³-hybridized carbons (Fsp3) is 0.411. The molecule has 8 nitrogen and oxygen atoms in total. The van der Waals surface area contributed by atoms with Crippen molar-refractivity contribution in [3.63, 3.8) is 0 Å². The van der Waals surface area contributed by atoms with Gasteiger partial charge in [0.1, 0.15) is 18.5 Å². The summed E-state index contributed by atoms with van der Waals surface area (Å²) in [6.45, 7) is 5.33. The van der Waals surface area contributed by atoms with Gasteiger partial charge in [-0.2, -0.15) is 0 Å². The highest BCUT2D eigenvalue weighted by atomic mass is 16.6. The highest BCUT2D eigenvalue weighted by Gasteiger charge is 2.20. The van der Waals surface area contributed by atoms with Crippen molar-refractivity contribution in [1.82, 2.24) is 5.32 Å². The van der Waals surface area contributed by atoms with Gasteiger partial charge >= 0.3 is 11.9 Å². The third-order valence-electron chi connectivity index (χ3n) is 8.94. The van der Waals surface area contributed by atoms with Gasteiger partial charge in [0, 0.05) is 26.3 Å². The average Bonchev–Trinajstić information content (AvgIpc) is 3.28. The van der Waals surface area contributed by atoms with Gasteiger partial charge in [-0.3, -0.25) is 14.4 Å². The van der Waals surface area contributed by atoms with Gasteiger partial charge in [-0.25, -0.2) is 0 Å². The van der Waals surface area contributed by atoms with Crippen molar-refractivity contribution in [2.24, 2.45) is 0 Å². The number of carbonyl (C=O) groups is 3. The Morgan fingerprint density at radius 2 is 0.953 bits per heavy atom. The standard InChI is InChI=1S/C56H77NO7/c1-4-6-8-10-12-14-16-18-20-22-24-26-28-30-32-34-36-38-40-46-54(59)62-49-51(48-57-56(61)52-44-42-43-45-53(52)63-50(3)58)64-55(60)47-41-39-37-35-33-31-29-27-25-23-21-19-17-15-13-11-9-7-5-2/h6-9,12-15,18-21,24-27,30-33,36-39,42-45,51,55,60H,4-5,10-11,16-17,22-23,28-29,34-35,40-41,46-49H2,1-3H3,(H,57,61)/b8-6-,9-7-,14-12-,15-13-,20-18-,21-19-,26-24-,27-25-,32-30-,33-31-,38-36-,39-37-. The van der Waals surface area contributed by atoms with Gasteiger partial charge in [-0.05, 0) is 102 Å². The number of aliphatic hydroxyl groups excluding tert-OH is 1. The molecule has 0 aromatic heterocycles. The van der Waals surface area contributed by atoms with Crippen LogP contribution in [-0.4, -0.2) is 48.5 Å². The van der Waals surface area contributed by atoms with E-state index in [2.05, 4.69) is 141 Å². The number of benzene rings is 1. The number of esters is 2. The van der Waals surface area contributed by atoms with Gasteiger partial charge in [0.2, 0.25) is 0 Å². The van der Waals surface area contributed by atoms with Gasteiger partial charge in [0.05, 0.1) is 5.56 Å². The normalized spacial score (nSPS) is 13.8. The Labute approximate surface area is 386 Å². The minimum absolute atomic E-state index is 0.0510. The van der Waals surface area contributed by atoms with E-state index >= 15 is 0 Å². The quantitative estimate of drug-likeness (QED) is 0.0299. The minimum Gasteiger partial charge on any atom is -0.463 e. The molecule has 64 heavy (non-hydrogen) atoms. The minimum atomic E-state index is -1.15. The number of hydrogen-bond acceptors (Lipinski definition) is 7. The summed E-state index contributed by atoms with van der Waals surface area (Å²) in [6.07, 6.45) is 62.2. The molecule has 1 aromatic carbocycles. The van der Waals surface area contributed by atoms with Crippen molar-refractivity contribution >= 4 is 17.8 Å². The van der Waals surface area contributed by atoms with Crippen LogP contribution in [0.3, 0.4) is 0 Å².